The lowest BCUT2D eigenvalue weighted by Crippen LogP contribution is -2.54. The fraction of sp³-hybridized carbons (Fsp3) is 0.280. The average Bonchev–Trinajstić information content (AvgIpc) is 2.87. The number of hydrogen-bond donors (Lipinski definition) is 2. The van der Waals surface area contributed by atoms with Crippen LogP contribution in [0.25, 0.3) is 0 Å². The van der Waals surface area contributed by atoms with E-state index >= 15 is 0 Å². The molecule has 0 bridgehead atoms. The van der Waals surface area contributed by atoms with Gasteiger partial charge in [0.15, 0.2) is 0 Å². The topological polar surface area (TPSA) is 108 Å². The first kappa shape index (κ1) is 24.1. The van der Waals surface area contributed by atoms with Gasteiger partial charge < -0.3 is 19.9 Å². The zero-order chi connectivity index (χ0) is 24.8. The lowest BCUT2D eigenvalue weighted by molar-refractivity contribution is -0.133. The highest BCUT2D eigenvalue weighted by Crippen LogP contribution is 2.22. The molecule has 3 aromatic rings. The molecule has 1 atom stereocenters. The van der Waals surface area contributed by atoms with Gasteiger partial charge in [0, 0.05) is 38.4 Å². The maximum atomic E-state index is 13.0. The summed E-state index contributed by atoms with van der Waals surface area (Å²) in [6.07, 6.45) is 3.26. The number of piperazine rings is 1. The number of nitrogens with zero attached hydrogens (tertiary/aromatic N) is 3. The second-order valence-corrected chi connectivity index (χ2v) is 8.26. The quantitative estimate of drug-likeness (QED) is 0.539. The summed E-state index contributed by atoms with van der Waals surface area (Å²) >= 11 is 0. The molecule has 1 aliphatic rings. The number of amides is 2. The summed E-state index contributed by atoms with van der Waals surface area (Å²) in [5, 5.41) is 2.80. The number of aromatic amines is 1. The van der Waals surface area contributed by atoms with E-state index in [9.17, 15) is 18.8 Å². The SMILES string of the molecule is CC(C(=O)Nc1ccc(Oc2ccc(F)cc2)cn1)N1CCN(C(=O)Cc2ccc(=O)[nH]c2)CC1. The van der Waals surface area contributed by atoms with Crippen LogP contribution in [0.2, 0.25) is 0 Å². The first-order valence-electron chi connectivity index (χ1n) is 11.3. The number of nitrogens with one attached hydrogen (secondary N) is 2. The van der Waals surface area contributed by atoms with E-state index in [0.717, 1.165) is 5.56 Å². The van der Waals surface area contributed by atoms with Gasteiger partial charge in [0.1, 0.15) is 23.1 Å². The first-order valence-corrected chi connectivity index (χ1v) is 11.3. The van der Waals surface area contributed by atoms with Gasteiger partial charge in [0.2, 0.25) is 17.4 Å². The summed E-state index contributed by atoms with van der Waals surface area (Å²) in [4.78, 5) is 47.0. The number of pyridine rings is 2. The standard InChI is InChI=1S/C25H26FN5O4/c1-17(30-10-12-31(13-11-30)24(33)14-18-2-9-23(32)28-15-18)25(34)29-22-8-7-21(16-27-22)35-20-5-3-19(26)4-6-20/h2-9,15-17H,10-14H2,1H3,(H,28,32)(H,27,29,34). The Morgan fingerprint density at radius 2 is 1.77 bits per heavy atom. The molecule has 0 spiro atoms. The van der Waals surface area contributed by atoms with E-state index in [4.69, 9.17) is 4.74 Å². The van der Waals surface area contributed by atoms with E-state index in [1.54, 1.807) is 29.3 Å². The van der Waals surface area contributed by atoms with Crippen molar-refractivity contribution in [2.45, 2.75) is 19.4 Å². The van der Waals surface area contributed by atoms with Crippen molar-refractivity contribution in [1.82, 2.24) is 19.8 Å². The third-order valence-electron chi connectivity index (χ3n) is 5.84. The number of ether oxygens (including phenoxy) is 1. The van der Waals surface area contributed by atoms with Gasteiger partial charge in [0.25, 0.3) is 0 Å². The Bertz CT molecular complexity index is 1200. The van der Waals surface area contributed by atoms with Crippen LogP contribution in [0.1, 0.15) is 12.5 Å². The number of rotatable bonds is 7. The zero-order valence-corrected chi connectivity index (χ0v) is 19.2. The van der Waals surface area contributed by atoms with Crippen molar-refractivity contribution in [3.05, 3.63) is 82.7 Å². The maximum Gasteiger partial charge on any atom is 0.247 e. The maximum absolute atomic E-state index is 13.0. The number of aromatic nitrogens is 2. The summed E-state index contributed by atoms with van der Waals surface area (Å²) in [5.74, 6) is 0.781. The van der Waals surface area contributed by atoms with Gasteiger partial charge in [-0.05, 0) is 48.9 Å². The van der Waals surface area contributed by atoms with Crippen LogP contribution in [0, 0.1) is 5.82 Å². The van der Waals surface area contributed by atoms with E-state index < -0.39 is 6.04 Å². The van der Waals surface area contributed by atoms with Crippen molar-refractivity contribution in [3.63, 3.8) is 0 Å². The number of carbonyl (C=O) groups is 2. The highest BCUT2D eigenvalue weighted by molar-refractivity contribution is 5.93. The summed E-state index contributed by atoms with van der Waals surface area (Å²) < 4.78 is 18.6. The van der Waals surface area contributed by atoms with Crippen LogP contribution in [0.15, 0.2) is 65.7 Å². The molecule has 3 heterocycles. The van der Waals surface area contributed by atoms with Crippen molar-refractivity contribution >= 4 is 17.6 Å². The van der Waals surface area contributed by atoms with Gasteiger partial charge in [-0.15, -0.1) is 0 Å². The monoisotopic (exact) mass is 479 g/mol. The Morgan fingerprint density at radius 3 is 2.40 bits per heavy atom. The molecule has 1 fully saturated rings. The molecular formula is C25H26FN5O4. The van der Waals surface area contributed by atoms with Crippen LogP contribution in [0.3, 0.4) is 0 Å². The zero-order valence-electron chi connectivity index (χ0n) is 19.2. The van der Waals surface area contributed by atoms with Gasteiger partial charge >= 0.3 is 0 Å². The molecule has 0 aliphatic carbocycles. The lowest BCUT2D eigenvalue weighted by Gasteiger charge is -2.37. The van der Waals surface area contributed by atoms with Crippen molar-refractivity contribution in [2.75, 3.05) is 31.5 Å². The van der Waals surface area contributed by atoms with Crippen LogP contribution >= 0.6 is 0 Å². The molecule has 10 heteroatoms. The molecule has 182 valence electrons. The minimum atomic E-state index is -0.400. The number of carbonyl (C=O) groups excluding carboxylic acids is 2. The summed E-state index contributed by atoms with van der Waals surface area (Å²) in [6, 6.07) is 11.6. The third kappa shape index (κ3) is 6.51. The molecule has 35 heavy (non-hydrogen) atoms. The van der Waals surface area contributed by atoms with E-state index in [1.807, 2.05) is 11.8 Å². The molecule has 1 aromatic carbocycles. The second-order valence-electron chi connectivity index (χ2n) is 8.26. The van der Waals surface area contributed by atoms with Crippen molar-refractivity contribution in [2.24, 2.45) is 0 Å². The normalized spacial score (nSPS) is 14.9. The highest BCUT2D eigenvalue weighted by Gasteiger charge is 2.27. The number of hydrogen-bond acceptors (Lipinski definition) is 6. The molecule has 2 aromatic heterocycles. The van der Waals surface area contributed by atoms with Gasteiger partial charge in [-0.1, -0.05) is 6.07 Å². The molecule has 2 amide bonds. The van der Waals surface area contributed by atoms with Crippen LogP contribution in [0.5, 0.6) is 11.5 Å². The molecule has 1 saturated heterocycles. The van der Waals surface area contributed by atoms with Gasteiger partial charge in [0.05, 0.1) is 18.7 Å². The molecule has 1 unspecified atom stereocenters. The molecule has 0 saturated carbocycles. The number of H-pyrrole nitrogens is 1. The predicted molar refractivity (Wildman–Crippen MR) is 128 cm³/mol. The van der Waals surface area contributed by atoms with Gasteiger partial charge in [-0.2, -0.15) is 0 Å². The second kappa shape index (κ2) is 10.9. The number of anilines is 1. The molecule has 0 radical (unpaired) electrons. The van der Waals surface area contributed by atoms with Gasteiger partial charge in [-0.3, -0.25) is 19.3 Å². The first-order chi connectivity index (χ1) is 16.9. The smallest absolute Gasteiger partial charge is 0.247 e. The summed E-state index contributed by atoms with van der Waals surface area (Å²) in [6.45, 7) is 4.01. The highest BCUT2D eigenvalue weighted by atomic mass is 19.1. The van der Waals surface area contributed by atoms with Crippen molar-refractivity contribution < 1.29 is 18.7 Å². The number of benzene rings is 1. The average molecular weight is 480 g/mol. The molecule has 9 nitrogen and oxygen atoms in total. The minimum absolute atomic E-state index is 0.0130. The Labute approximate surface area is 201 Å². The third-order valence-corrected chi connectivity index (χ3v) is 5.84. The van der Waals surface area contributed by atoms with Crippen LogP contribution in [-0.4, -0.2) is 63.8 Å². The van der Waals surface area contributed by atoms with Crippen molar-refractivity contribution in [3.8, 4) is 11.5 Å². The summed E-state index contributed by atoms with van der Waals surface area (Å²) in [7, 11) is 0. The minimum Gasteiger partial charge on any atom is -0.456 e. The van der Waals surface area contributed by atoms with E-state index in [1.165, 1.54) is 36.5 Å². The van der Waals surface area contributed by atoms with Crippen LogP contribution in [0.4, 0.5) is 10.2 Å². The molecule has 2 N–H and O–H groups in total. The molecule has 1 aliphatic heterocycles. The van der Waals surface area contributed by atoms with Crippen LogP contribution < -0.4 is 15.6 Å². The predicted octanol–water partition coefficient (Wildman–Crippen LogP) is 2.42. The van der Waals surface area contributed by atoms with Crippen LogP contribution in [-0.2, 0) is 16.0 Å². The Balaban J connectivity index is 1.24. The largest absolute Gasteiger partial charge is 0.456 e. The lowest BCUT2D eigenvalue weighted by atomic mass is 10.1. The van der Waals surface area contributed by atoms with E-state index in [2.05, 4.69) is 15.3 Å². The Kier molecular flexibility index (Phi) is 7.51. The fourth-order valence-corrected chi connectivity index (χ4v) is 3.75. The Morgan fingerprint density at radius 1 is 1.06 bits per heavy atom. The fourth-order valence-electron chi connectivity index (χ4n) is 3.75. The van der Waals surface area contributed by atoms with Gasteiger partial charge in [-0.25, -0.2) is 9.37 Å². The summed E-state index contributed by atoms with van der Waals surface area (Å²) in [5.41, 5.74) is 0.554. The van der Waals surface area contributed by atoms with E-state index in [0.29, 0.717) is 43.5 Å². The number of halogens is 1. The van der Waals surface area contributed by atoms with E-state index in [-0.39, 0.29) is 29.6 Å². The Hall–Kier alpha value is -4.05. The van der Waals surface area contributed by atoms with Crippen molar-refractivity contribution in [1.29, 1.82) is 0 Å². The molecular weight excluding hydrogens is 453 g/mol. The molecule has 4 rings (SSSR count).